The summed E-state index contributed by atoms with van der Waals surface area (Å²) in [5, 5.41) is 11.6. The van der Waals surface area contributed by atoms with Crippen LogP contribution >= 0.6 is 0 Å². The average molecular weight is 251 g/mol. The Morgan fingerprint density at radius 1 is 1.44 bits per heavy atom. The van der Waals surface area contributed by atoms with Crippen LogP contribution in [0, 0.1) is 25.7 Å². The normalized spacial score (nSPS) is 23.5. The van der Waals surface area contributed by atoms with Crippen molar-refractivity contribution in [2.75, 3.05) is 0 Å². The van der Waals surface area contributed by atoms with Crippen LogP contribution in [0.2, 0.25) is 0 Å². The smallest absolute Gasteiger partial charge is 0.307 e. The minimum absolute atomic E-state index is 0.162. The number of hydrogen-bond acceptors (Lipinski definition) is 3. The fourth-order valence-corrected chi connectivity index (χ4v) is 2.24. The van der Waals surface area contributed by atoms with Crippen molar-refractivity contribution >= 4 is 11.9 Å². The number of rotatable bonds is 4. The first kappa shape index (κ1) is 12.7. The third-order valence-corrected chi connectivity index (χ3v) is 3.35. The van der Waals surface area contributed by atoms with Crippen molar-refractivity contribution in [3.8, 4) is 0 Å². The van der Waals surface area contributed by atoms with E-state index >= 15 is 0 Å². The summed E-state index contributed by atoms with van der Waals surface area (Å²) in [4.78, 5) is 22.5. The lowest BCUT2D eigenvalue weighted by atomic mass is 10.1. The molecule has 1 aromatic heterocycles. The van der Waals surface area contributed by atoms with Crippen molar-refractivity contribution in [2.24, 2.45) is 11.8 Å². The van der Waals surface area contributed by atoms with Gasteiger partial charge in [0, 0.05) is 5.56 Å². The number of carboxylic acid groups (broad SMARTS) is 1. The molecule has 2 rings (SSSR count). The van der Waals surface area contributed by atoms with Crippen LogP contribution in [0.3, 0.4) is 0 Å². The Labute approximate surface area is 105 Å². The van der Waals surface area contributed by atoms with Crippen LogP contribution in [0.4, 0.5) is 0 Å². The topological polar surface area (TPSA) is 79.5 Å². The number of amides is 1. The molecule has 1 fully saturated rings. The fourth-order valence-electron chi connectivity index (χ4n) is 2.24. The van der Waals surface area contributed by atoms with E-state index in [1.807, 2.05) is 26.8 Å². The summed E-state index contributed by atoms with van der Waals surface area (Å²) < 4.78 is 5.41. The second-order valence-corrected chi connectivity index (χ2v) is 4.89. The lowest BCUT2D eigenvalue weighted by molar-refractivity contribution is -0.140. The van der Waals surface area contributed by atoms with Crippen LogP contribution in [0.5, 0.6) is 0 Å². The van der Waals surface area contributed by atoms with E-state index in [4.69, 9.17) is 9.52 Å². The molecule has 0 bridgehead atoms. The molecule has 3 atom stereocenters. The zero-order chi connectivity index (χ0) is 13.4. The summed E-state index contributed by atoms with van der Waals surface area (Å²) in [6.45, 7) is 5.57. The summed E-state index contributed by atoms with van der Waals surface area (Å²) in [5.41, 5.74) is 0.938. The number of carbonyl (C=O) groups is 2. The Balaban J connectivity index is 1.96. The number of aryl methyl sites for hydroxylation is 2. The summed E-state index contributed by atoms with van der Waals surface area (Å²) >= 11 is 0. The molecule has 1 aliphatic carbocycles. The van der Waals surface area contributed by atoms with Gasteiger partial charge >= 0.3 is 5.97 Å². The Bertz CT molecular complexity index is 491. The van der Waals surface area contributed by atoms with Gasteiger partial charge in [-0.3, -0.25) is 9.59 Å². The van der Waals surface area contributed by atoms with Crippen LogP contribution in [-0.4, -0.2) is 17.0 Å². The third-order valence-electron chi connectivity index (χ3n) is 3.35. The van der Waals surface area contributed by atoms with Gasteiger partial charge in [0.25, 0.3) is 0 Å². The molecule has 0 spiro atoms. The molecule has 5 heteroatoms. The maximum Gasteiger partial charge on any atom is 0.307 e. The van der Waals surface area contributed by atoms with Crippen LogP contribution < -0.4 is 5.32 Å². The van der Waals surface area contributed by atoms with E-state index in [0.29, 0.717) is 6.42 Å². The van der Waals surface area contributed by atoms with E-state index < -0.39 is 11.9 Å². The number of aliphatic carboxylic acids is 1. The molecule has 1 aliphatic rings. The van der Waals surface area contributed by atoms with E-state index in [2.05, 4.69) is 5.32 Å². The van der Waals surface area contributed by atoms with E-state index in [1.165, 1.54) is 0 Å². The molecule has 1 aromatic rings. The molecule has 5 nitrogen and oxygen atoms in total. The van der Waals surface area contributed by atoms with Gasteiger partial charge in [-0.25, -0.2) is 0 Å². The molecule has 98 valence electrons. The summed E-state index contributed by atoms with van der Waals surface area (Å²) in [5.74, 6) is -0.377. The lowest BCUT2D eigenvalue weighted by Crippen LogP contribution is -2.29. The van der Waals surface area contributed by atoms with Crippen molar-refractivity contribution in [1.82, 2.24) is 5.32 Å². The minimum atomic E-state index is -0.891. The van der Waals surface area contributed by atoms with Gasteiger partial charge in [-0.2, -0.15) is 0 Å². The number of nitrogens with one attached hydrogen (secondary N) is 1. The Hall–Kier alpha value is -1.78. The molecular formula is C13H17NO4. The monoisotopic (exact) mass is 251 g/mol. The van der Waals surface area contributed by atoms with E-state index in [9.17, 15) is 9.59 Å². The summed E-state index contributed by atoms with van der Waals surface area (Å²) in [7, 11) is 0. The highest BCUT2D eigenvalue weighted by molar-refractivity contribution is 5.89. The van der Waals surface area contributed by atoms with Gasteiger partial charge in [0.05, 0.1) is 17.9 Å². The molecule has 18 heavy (non-hydrogen) atoms. The van der Waals surface area contributed by atoms with Crippen molar-refractivity contribution in [2.45, 2.75) is 33.2 Å². The second kappa shape index (κ2) is 4.48. The van der Waals surface area contributed by atoms with Crippen molar-refractivity contribution in [3.05, 3.63) is 23.2 Å². The number of carboxylic acids is 1. The first-order valence-electron chi connectivity index (χ1n) is 6.00. The molecular weight excluding hydrogens is 234 g/mol. The predicted octanol–water partition coefficient (Wildman–Crippen LogP) is 1.79. The van der Waals surface area contributed by atoms with Crippen LogP contribution in [-0.2, 0) is 9.59 Å². The molecule has 0 unspecified atom stereocenters. The highest BCUT2D eigenvalue weighted by atomic mass is 16.4. The van der Waals surface area contributed by atoms with E-state index in [1.54, 1.807) is 0 Å². The first-order chi connectivity index (χ1) is 8.40. The maximum absolute atomic E-state index is 11.8. The van der Waals surface area contributed by atoms with Gasteiger partial charge in [-0.1, -0.05) is 0 Å². The van der Waals surface area contributed by atoms with E-state index in [-0.39, 0.29) is 17.9 Å². The second-order valence-electron chi connectivity index (χ2n) is 4.89. The average Bonchev–Trinajstić information content (AvgIpc) is 2.99. The predicted molar refractivity (Wildman–Crippen MR) is 64.0 cm³/mol. The van der Waals surface area contributed by atoms with Gasteiger partial charge in [-0.05, 0) is 33.3 Å². The lowest BCUT2D eigenvalue weighted by Gasteiger charge is -2.12. The summed E-state index contributed by atoms with van der Waals surface area (Å²) in [6.07, 6.45) is 0.442. The molecule has 0 saturated heterocycles. The number of furan rings is 1. The Kier molecular flexibility index (Phi) is 3.15. The minimum Gasteiger partial charge on any atom is -0.481 e. The van der Waals surface area contributed by atoms with Crippen LogP contribution in [0.25, 0.3) is 0 Å². The van der Waals surface area contributed by atoms with Crippen molar-refractivity contribution in [3.63, 3.8) is 0 Å². The molecule has 0 radical (unpaired) electrons. The zero-order valence-electron chi connectivity index (χ0n) is 10.7. The van der Waals surface area contributed by atoms with Gasteiger partial charge in [0.2, 0.25) is 5.91 Å². The van der Waals surface area contributed by atoms with Crippen LogP contribution in [0.1, 0.15) is 36.5 Å². The molecule has 1 saturated carbocycles. The quantitative estimate of drug-likeness (QED) is 0.855. The zero-order valence-corrected chi connectivity index (χ0v) is 10.7. The van der Waals surface area contributed by atoms with Gasteiger partial charge in [0.15, 0.2) is 0 Å². The highest BCUT2D eigenvalue weighted by Gasteiger charge is 2.48. The Morgan fingerprint density at radius 2 is 2.11 bits per heavy atom. The molecule has 1 amide bonds. The van der Waals surface area contributed by atoms with Crippen LogP contribution in [0.15, 0.2) is 10.5 Å². The van der Waals surface area contributed by atoms with Gasteiger partial charge < -0.3 is 14.8 Å². The van der Waals surface area contributed by atoms with Crippen molar-refractivity contribution < 1.29 is 19.1 Å². The molecule has 0 aromatic carbocycles. The first-order valence-corrected chi connectivity index (χ1v) is 6.00. The fraction of sp³-hybridized carbons (Fsp3) is 0.538. The standard InChI is InChI=1S/C13H17NO4/c1-6-4-9(8(3)18-6)7(2)14-12(15)10-5-11(10)13(16)17/h4,7,10-11H,5H2,1-3H3,(H,14,15)(H,16,17)/t7-,10+,11+/m0/s1. The maximum atomic E-state index is 11.8. The Morgan fingerprint density at radius 3 is 2.56 bits per heavy atom. The van der Waals surface area contributed by atoms with Gasteiger partial charge in [0.1, 0.15) is 11.5 Å². The number of carbonyl (C=O) groups excluding carboxylic acids is 1. The third kappa shape index (κ3) is 2.39. The number of hydrogen-bond donors (Lipinski definition) is 2. The molecule has 1 heterocycles. The largest absolute Gasteiger partial charge is 0.481 e. The summed E-state index contributed by atoms with van der Waals surface area (Å²) in [6, 6.07) is 1.73. The SMILES string of the molecule is Cc1cc([C@H](C)NC(=O)[C@@H]2C[C@H]2C(=O)O)c(C)o1. The highest BCUT2D eigenvalue weighted by Crippen LogP contribution is 2.39. The molecule has 2 N–H and O–H groups in total. The van der Waals surface area contributed by atoms with Gasteiger partial charge in [-0.15, -0.1) is 0 Å². The van der Waals surface area contributed by atoms with Crippen molar-refractivity contribution in [1.29, 1.82) is 0 Å². The molecule has 0 aliphatic heterocycles. The van der Waals surface area contributed by atoms with E-state index in [0.717, 1.165) is 17.1 Å².